The summed E-state index contributed by atoms with van der Waals surface area (Å²) >= 11 is 7.15. The van der Waals surface area contributed by atoms with Gasteiger partial charge in [0.05, 0.1) is 10.6 Å². The van der Waals surface area contributed by atoms with Crippen LogP contribution in [0.2, 0.25) is 5.02 Å². The number of anilines is 1. The molecule has 1 aromatic heterocycles. The van der Waals surface area contributed by atoms with E-state index in [2.05, 4.69) is 10.3 Å². The lowest BCUT2D eigenvalue weighted by atomic mass is 10.4. The van der Waals surface area contributed by atoms with E-state index in [1.54, 1.807) is 0 Å². The van der Waals surface area contributed by atoms with Gasteiger partial charge in [0.15, 0.2) is 15.0 Å². The van der Waals surface area contributed by atoms with E-state index in [9.17, 15) is 13.2 Å². The molecule has 0 fully saturated rings. The van der Waals surface area contributed by atoms with Crippen LogP contribution in [0.4, 0.5) is 5.13 Å². The molecule has 0 spiro atoms. The predicted octanol–water partition coefficient (Wildman–Crippen LogP) is 2.70. The van der Waals surface area contributed by atoms with Crippen molar-refractivity contribution in [2.45, 2.75) is 24.2 Å². The Hall–Kier alpha value is -1.44. The van der Waals surface area contributed by atoms with Gasteiger partial charge in [0.1, 0.15) is 5.75 Å². The van der Waals surface area contributed by atoms with E-state index in [4.69, 9.17) is 11.6 Å². The molecule has 22 heavy (non-hydrogen) atoms. The number of rotatable bonds is 4. The normalized spacial score (nSPS) is 13.9. The summed E-state index contributed by atoms with van der Waals surface area (Å²) in [6.07, 6.45) is 2.99. The van der Waals surface area contributed by atoms with Crippen LogP contribution >= 0.6 is 22.9 Å². The Balaban J connectivity index is 1.69. The molecule has 0 unspecified atom stereocenters. The first kappa shape index (κ1) is 15.5. The maximum Gasteiger partial charge on any atom is 0.241 e. The smallest absolute Gasteiger partial charge is 0.241 e. The van der Waals surface area contributed by atoms with Gasteiger partial charge in [0, 0.05) is 9.90 Å². The number of nitrogens with one attached hydrogen (secondary N) is 1. The average molecular weight is 357 g/mol. The summed E-state index contributed by atoms with van der Waals surface area (Å²) in [5.41, 5.74) is 1.01. The molecule has 0 saturated heterocycles. The van der Waals surface area contributed by atoms with Gasteiger partial charge in [0.2, 0.25) is 5.91 Å². The van der Waals surface area contributed by atoms with Gasteiger partial charge in [0.25, 0.3) is 0 Å². The minimum atomic E-state index is -3.69. The van der Waals surface area contributed by atoms with Crippen LogP contribution < -0.4 is 5.32 Å². The zero-order valence-corrected chi connectivity index (χ0v) is 13.9. The van der Waals surface area contributed by atoms with Crippen molar-refractivity contribution in [3.8, 4) is 0 Å². The van der Waals surface area contributed by atoms with Crippen molar-refractivity contribution in [2.75, 3.05) is 11.1 Å². The molecular weight excluding hydrogens is 344 g/mol. The highest BCUT2D eigenvalue weighted by molar-refractivity contribution is 7.92. The number of aryl methyl sites for hydroxylation is 2. The van der Waals surface area contributed by atoms with E-state index < -0.39 is 21.5 Å². The van der Waals surface area contributed by atoms with Crippen LogP contribution in [-0.2, 0) is 27.5 Å². The molecule has 3 rings (SSSR count). The Bertz CT molecular complexity index is 792. The van der Waals surface area contributed by atoms with Crippen molar-refractivity contribution in [1.29, 1.82) is 0 Å². The van der Waals surface area contributed by atoms with Crippen LogP contribution in [0.3, 0.4) is 0 Å². The van der Waals surface area contributed by atoms with Gasteiger partial charge < -0.3 is 5.32 Å². The van der Waals surface area contributed by atoms with Crippen LogP contribution in [0.15, 0.2) is 29.2 Å². The van der Waals surface area contributed by atoms with Crippen molar-refractivity contribution in [2.24, 2.45) is 0 Å². The van der Waals surface area contributed by atoms with Crippen molar-refractivity contribution in [3.63, 3.8) is 0 Å². The van der Waals surface area contributed by atoms with E-state index in [1.165, 1.54) is 40.5 Å². The molecule has 0 saturated carbocycles. The summed E-state index contributed by atoms with van der Waals surface area (Å²) in [5, 5.41) is 3.49. The third-order valence-corrected chi connectivity index (χ3v) is 6.29. The second-order valence-electron chi connectivity index (χ2n) is 5.00. The molecule has 2 aromatic rings. The second-order valence-corrected chi connectivity index (χ2v) is 8.51. The Kier molecular flexibility index (Phi) is 4.20. The first-order valence-electron chi connectivity index (χ1n) is 6.71. The van der Waals surface area contributed by atoms with Gasteiger partial charge in [-0.2, -0.15) is 0 Å². The number of halogens is 1. The van der Waals surface area contributed by atoms with Gasteiger partial charge >= 0.3 is 0 Å². The average Bonchev–Trinajstić information content (AvgIpc) is 2.99. The third-order valence-electron chi connectivity index (χ3n) is 3.34. The second kappa shape index (κ2) is 5.98. The lowest BCUT2D eigenvalue weighted by Crippen LogP contribution is -2.23. The molecule has 1 aliphatic carbocycles. The van der Waals surface area contributed by atoms with E-state index in [0.717, 1.165) is 25.0 Å². The maximum atomic E-state index is 12.2. The molecular formula is C14H13ClN2O3S2. The Morgan fingerprint density at radius 1 is 1.27 bits per heavy atom. The van der Waals surface area contributed by atoms with Crippen LogP contribution in [0.1, 0.15) is 17.0 Å². The first-order valence-corrected chi connectivity index (χ1v) is 9.55. The quantitative estimate of drug-likeness (QED) is 0.913. The first-order chi connectivity index (χ1) is 10.4. The van der Waals surface area contributed by atoms with E-state index >= 15 is 0 Å². The zero-order chi connectivity index (χ0) is 15.7. The molecule has 1 heterocycles. The number of amides is 1. The topological polar surface area (TPSA) is 76.1 Å². The molecule has 8 heteroatoms. The standard InChI is InChI=1S/C14H13ClN2O3S2/c15-9-4-6-10(7-5-9)22(19,20)8-13(18)17-14-16-11-2-1-3-12(11)21-14/h4-7H,1-3,8H2,(H,16,17,18). The summed E-state index contributed by atoms with van der Waals surface area (Å²) in [7, 11) is -3.69. The van der Waals surface area contributed by atoms with Crippen LogP contribution in [0, 0.1) is 0 Å². The molecule has 116 valence electrons. The number of thiazole rings is 1. The Morgan fingerprint density at radius 3 is 2.68 bits per heavy atom. The van der Waals surface area contributed by atoms with Gasteiger partial charge in [-0.1, -0.05) is 11.6 Å². The van der Waals surface area contributed by atoms with Crippen molar-refractivity contribution in [1.82, 2.24) is 4.98 Å². The van der Waals surface area contributed by atoms with Crippen molar-refractivity contribution < 1.29 is 13.2 Å². The Morgan fingerprint density at radius 2 is 2.00 bits per heavy atom. The summed E-state index contributed by atoms with van der Waals surface area (Å²) in [6, 6.07) is 5.75. The zero-order valence-electron chi connectivity index (χ0n) is 11.5. The lowest BCUT2D eigenvalue weighted by Gasteiger charge is -2.04. The number of hydrogen-bond donors (Lipinski definition) is 1. The molecule has 0 atom stereocenters. The summed E-state index contributed by atoms with van der Waals surface area (Å²) < 4.78 is 24.3. The number of nitrogens with zero attached hydrogens (tertiary/aromatic N) is 1. The molecule has 1 N–H and O–H groups in total. The minimum absolute atomic E-state index is 0.0775. The number of carbonyl (C=O) groups is 1. The van der Waals surface area contributed by atoms with Crippen molar-refractivity contribution >= 4 is 43.8 Å². The monoisotopic (exact) mass is 356 g/mol. The number of benzene rings is 1. The summed E-state index contributed by atoms with van der Waals surface area (Å²) in [6.45, 7) is 0. The van der Waals surface area contributed by atoms with Gasteiger partial charge in [-0.15, -0.1) is 11.3 Å². The summed E-state index contributed by atoms with van der Waals surface area (Å²) in [5.74, 6) is -1.19. The van der Waals surface area contributed by atoms with Crippen LogP contribution in [-0.4, -0.2) is 25.1 Å². The number of sulfone groups is 1. The third kappa shape index (κ3) is 3.31. The maximum absolute atomic E-state index is 12.2. The van der Waals surface area contributed by atoms with Crippen molar-refractivity contribution in [3.05, 3.63) is 39.9 Å². The van der Waals surface area contributed by atoms with E-state index in [-0.39, 0.29) is 4.90 Å². The largest absolute Gasteiger partial charge is 0.301 e. The highest BCUT2D eigenvalue weighted by Crippen LogP contribution is 2.30. The van der Waals surface area contributed by atoms with E-state index in [1.807, 2.05) is 0 Å². The number of carbonyl (C=O) groups excluding carboxylic acids is 1. The molecule has 0 aliphatic heterocycles. The van der Waals surface area contributed by atoms with Gasteiger partial charge in [-0.05, 0) is 43.5 Å². The highest BCUT2D eigenvalue weighted by atomic mass is 35.5. The van der Waals surface area contributed by atoms with Gasteiger partial charge in [-0.25, -0.2) is 13.4 Å². The fraction of sp³-hybridized carbons (Fsp3) is 0.286. The number of fused-ring (bicyclic) bond motifs is 1. The van der Waals surface area contributed by atoms with Crippen LogP contribution in [0.5, 0.6) is 0 Å². The molecule has 1 aliphatic rings. The molecule has 1 amide bonds. The highest BCUT2D eigenvalue weighted by Gasteiger charge is 2.22. The fourth-order valence-electron chi connectivity index (χ4n) is 2.30. The SMILES string of the molecule is O=C(CS(=O)(=O)c1ccc(Cl)cc1)Nc1nc2c(s1)CCC2. The fourth-order valence-corrected chi connectivity index (χ4v) is 4.62. The minimum Gasteiger partial charge on any atom is -0.301 e. The molecule has 5 nitrogen and oxygen atoms in total. The Labute approximate surface area is 137 Å². The molecule has 0 bridgehead atoms. The predicted molar refractivity (Wildman–Crippen MR) is 86.3 cm³/mol. The number of hydrogen-bond acceptors (Lipinski definition) is 5. The lowest BCUT2D eigenvalue weighted by molar-refractivity contribution is -0.113. The van der Waals surface area contributed by atoms with Gasteiger partial charge in [-0.3, -0.25) is 4.79 Å². The van der Waals surface area contributed by atoms with E-state index in [0.29, 0.717) is 10.2 Å². The number of aromatic nitrogens is 1. The summed E-state index contributed by atoms with van der Waals surface area (Å²) in [4.78, 5) is 17.5. The van der Waals surface area contributed by atoms with Crippen LogP contribution in [0.25, 0.3) is 0 Å². The molecule has 0 radical (unpaired) electrons. The molecule has 1 aromatic carbocycles.